The van der Waals surface area contributed by atoms with Crippen LogP contribution in [-0.2, 0) is 0 Å². The minimum atomic E-state index is 0.633. The lowest BCUT2D eigenvalue weighted by molar-refractivity contribution is 0.479. The second kappa shape index (κ2) is 3.72. The third-order valence-corrected chi connectivity index (χ3v) is 1.55. The standard InChI is InChI=1S/C11H8NO/c1-2-5-10(6-3-1)13-11-7-4-8-12-9-11/h1-8H. The van der Waals surface area contributed by atoms with E-state index in [1.54, 1.807) is 6.20 Å². The molecule has 1 heterocycles. The highest BCUT2D eigenvalue weighted by molar-refractivity contribution is 5.27. The van der Waals surface area contributed by atoms with E-state index >= 15 is 0 Å². The summed E-state index contributed by atoms with van der Waals surface area (Å²) in [6.45, 7) is 0. The zero-order valence-corrected chi connectivity index (χ0v) is 6.97. The van der Waals surface area contributed by atoms with Gasteiger partial charge in [0.05, 0.1) is 0 Å². The Labute approximate surface area is 76.8 Å². The van der Waals surface area contributed by atoms with Crippen molar-refractivity contribution in [3.8, 4) is 11.5 Å². The van der Waals surface area contributed by atoms with Gasteiger partial charge in [-0.3, -0.25) is 4.98 Å². The monoisotopic (exact) mass is 170 g/mol. The second-order valence-corrected chi connectivity index (χ2v) is 2.53. The molecule has 63 valence electrons. The van der Waals surface area contributed by atoms with E-state index in [1.165, 1.54) is 0 Å². The molecule has 0 N–H and O–H groups in total. The lowest BCUT2D eigenvalue weighted by atomic mass is 10.3. The van der Waals surface area contributed by atoms with Gasteiger partial charge in [0.15, 0.2) is 5.75 Å². The van der Waals surface area contributed by atoms with Gasteiger partial charge in [-0.15, -0.1) is 0 Å². The Morgan fingerprint density at radius 2 is 1.85 bits per heavy atom. The smallest absolute Gasteiger partial charge is 0.155 e. The largest absolute Gasteiger partial charge is 0.455 e. The highest BCUT2D eigenvalue weighted by atomic mass is 16.5. The molecule has 0 aliphatic carbocycles. The fourth-order valence-corrected chi connectivity index (χ4v) is 0.984. The molecule has 0 spiro atoms. The first-order valence-electron chi connectivity index (χ1n) is 4.01. The maximum atomic E-state index is 5.46. The van der Waals surface area contributed by atoms with Gasteiger partial charge in [-0.2, -0.15) is 0 Å². The predicted molar refractivity (Wildman–Crippen MR) is 49.6 cm³/mol. The van der Waals surface area contributed by atoms with Crippen LogP contribution in [0.3, 0.4) is 0 Å². The summed E-state index contributed by atoms with van der Waals surface area (Å²) in [6.07, 6.45) is 4.41. The van der Waals surface area contributed by atoms with Crippen molar-refractivity contribution in [2.45, 2.75) is 0 Å². The normalized spacial score (nSPS) is 9.54. The average Bonchev–Trinajstić information content (AvgIpc) is 2.21. The summed E-state index contributed by atoms with van der Waals surface area (Å²) in [5.74, 6) is 1.43. The number of ether oxygens (including phenoxy) is 1. The molecular weight excluding hydrogens is 162 g/mol. The summed E-state index contributed by atoms with van der Waals surface area (Å²) in [4.78, 5) is 3.83. The van der Waals surface area contributed by atoms with Crippen molar-refractivity contribution in [3.63, 3.8) is 0 Å². The number of hydrogen-bond acceptors (Lipinski definition) is 2. The average molecular weight is 170 g/mol. The Bertz CT molecular complexity index is 321. The van der Waals surface area contributed by atoms with E-state index in [2.05, 4.69) is 11.2 Å². The van der Waals surface area contributed by atoms with E-state index in [0.29, 0.717) is 5.75 Å². The van der Waals surface area contributed by atoms with Crippen molar-refractivity contribution in [2.75, 3.05) is 0 Å². The molecule has 2 heteroatoms. The highest BCUT2D eigenvalue weighted by Crippen LogP contribution is 2.18. The molecule has 0 aliphatic rings. The molecule has 2 aromatic rings. The van der Waals surface area contributed by atoms with Crippen molar-refractivity contribution < 1.29 is 4.74 Å². The lowest BCUT2D eigenvalue weighted by Crippen LogP contribution is -1.83. The summed E-state index contributed by atoms with van der Waals surface area (Å²) < 4.78 is 5.46. The van der Waals surface area contributed by atoms with Gasteiger partial charge in [0.2, 0.25) is 0 Å². The number of para-hydroxylation sites is 1. The van der Waals surface area contributed by atoms with Gasteiger partial charge in [-0.1, -0.05) is 18.2 Å². The van der Waals surface area contributed by atoms with Crippen molar-refractivity contribution in [1.29, 1.82) is 0 Å². The molecule has 0 bridgehead atoms. The molecule has 0 saturated heterocycles. The van der Waals surface area contributed by atoms with Crippen LogP contribution < -0.4 is 4.74 Å². The topological polar surface area (TPSA) is 22.1 Å². The first kappa shape index (κ1) is 7.80. The molecule has 0 fully saturated rings. The summed E-state index contributed by atoms with van der Waals surface area (Å²) in [7, 11) is 0. The maximum Gasteiger partial charge on any atom is 0.155 e. The molecule has 0 atom stereocenters. The molecule has 0 amide bonds. The summed E-state index contributed by atoms with van der Waals surface area (Å²) in [5, 5.41) is 0. The van der Waals surface area contributed by atoms with Crippen LogP contribution in [0.25, 0.3) is 0 Å². The van der Waals surface area contributed by atoms with Crippen LogP contribution in [-0.4, -0.2) is 4.98 Å². The van der Waals surface area contributed by atoms with Crippen molar-refractivity contribution in [2.24, 2.45) is 0 Å². The van der Waals surface area contributed by atoms with Crippen molar-refractivity contribution in [3.05, 3.63) is 54.9 Å². The Kier molecular flexibility index (Phi) is 2.23. The zero-order chi connectivity index (χ0) is 8.93. The third kappa shape index (κ3) is 2.06. The molecule has 0 aliphatic heterocycles. The summed E-state index contributed by atoms with van der Waals surface area (Å²) in [5.41, 5.74) is 0. The maximum absolute atomic E-state index is 5.46. The number of rotatable bonds is 2. The third-order valence-electron chi connectivity index (χ3n) is 1.55. The van der Waals surface area contributed by atoms with Gasteiger partial charge in [0.1, 0.15) is 11.9 Å². The number of aromatic nitrogens is 1. The molecule has 0 saturated carbocycles. The van der Waals surface area contributed by atoms with E-state index in [-0.39, 0.29) is 0 Å². The quantitative estimate of drug-likeness (QED) is 0.691. The fourth-order valence-electron chi connectivity index (χ4n) is 0.984. The van der Waals surface area contributed by atoms with Gasteiger partial charge in [0.25, 0.3) is 0 Å². The first-order valence-corrected chi connectivity index (χ1v) is 4.01. The van der Waals surface area contributed by atoms with Crippen LogP contribution in [0.15, 0.2) is 48.7 Å². The van der Waals surface area contributed by atoms with Crippen molar-refractivity contribution in [1.82, 2.24) is 4.98 Å². The molecule has 1 aromatic heterocycles. The van der Waals surface area contributed by atoms with Gasteiger partial charge in [-0.05, 0) is 24.3 Å². The minimum absolute atomic E-state index is 0.633. The number of hydrogen-bond donors (Lipinski definition) is 0. The molecular formula is C11H8NO. The van der Waals surface area contributed by atoms with E-state index in [1.807, 2.05) is 42.5 Å². The molecule has 2 rings (SSSR count). The molecule has 0 unspecified atom stereocenters. The van der Waals surface area contributed by atoms with E-state index in [4.69, 9.17) is 4.74 Å². The summed E-state index contributed by atoms with van der Waals surface area (Å²) in [6, 6.07) is 13.2. The van der Waals surface area contributed by atoms with Gasteiger partial charge < -0.3 is 4.74 Å². The lowest BCUT2D eigenvalue weighted by Gasteiger charge is -2.02. The number of pyridine rings is 1. The zero-order valence-electron chi connectivity index (χ0n) is 6.97. The second-order valence-electron chi connectivity index (χ2n) is 2.53. The summed E-state index contributed by atoms with van der Waals surface area (Å²) >= 11 is 0. The number of nitrogens with zero attached hydrogens (tertiary/aromatic N) is 1. The van der Waals surface area contributed by atoms with Gasteiger partial charge in [0, 0.05) is 6.20 Å². The van der Waals surface area contributed by atoms with Crippen LogP contribution in [0.1, 0.15) is 0 Å². The van der Waals surface area contributed by atoms with Crippen LogP contribution in [0.4, 0.5) is 0 Å². The fraction of sp³-hybridized carbons (Fsp3) is 0. The predicted octanol–water partition coefficient (Wildman–Crippen LogP) is 2.67. The molecule has 2 nitrogen and oxygen atoms in total. The Hall–Kier alpha value is -1.83. The van der Waals surface area contributed by atoms with Crippen LogP contribution in [0.2, 0.25) is 0 Å². The molecule has 1 radical (unpaired) electrons. The molecule has 13 heavy (non-hydrogen) atoms. The highest BCUT2D eigenvalue weighted by Gasteiger charge is 1.94. The minimum Gasteiger partial charge on any atom is -0.455 e. The Morgan fingerprint density at radius 3 is 2.54 bits per heavy atom. The SMILES string of the molecule is [c]1ncccc1Oc1ccccc1. The first-order chi connectivity index (χ1) is 6.45. The van der Waals surface area contributed by atoms with E-state index < -0.39 is 0 Å². The van der Waals surface area contributed by atoms with Gasteiger partial charge in [-0.25, -0.2) is 0 Å². The van der Waals surface area contributed by atoms with Crippen molar-refractivity contribution >= 4 is 0 Å². The van der Waals surface area contributed by atoms with E-state index in [0.717, 1.165) is 5.75 Å². The Balaban J connectivity index is 2.16. The van der Waals surface area contributed by atoms with Gasteiger partial charge >= 0.3 is 0 Å². The van der Waals surface area contributed by atoms with Crippen LogP contribution >= 0.6 is 0 Å². The van der Waals surface area contributed by atoms with E-state index in [9.17, 15) is 0 Å². The van der Waals surface area contributed by atoms with Crippen LogP contribution in [0, 0.1) is 6.20 Å². The van der Waals surface area contributed by atoms with Crippen LogP contribution in [0.5, 0.6) is 11.5 Å². The Morgan fingerprint density at radius 1 is 1.00 bits per heavy atom. The number of benzene rings is 1. The molecule has 1 aromatic carbocycles.